The average molecular weight is 291 g/mol. The molecule has 1 aromatic heterocycles. The molecule has 0 amide bonds. The van der Waals surface area contributed by atoms with Gasteiger partial charge >= 0.3 is 0 Å². The Kier molecular flexibility index (Phi) is 4.59. The topological polar surface area (TPSA) is 13.1 Å². The lowest BCUT2D eigenvalue weighted by atomic mass is 9.82. The van der Waals surface area contributed by atoms with Crippen LogP contribution in [0.4, 0.5) is 0 Å². The van der Waals surface area contributed by atoms with Crippen LogP contribution in [0.15, 0.2) is 41.0 Å². The van der Waals surface area contributed by atoms with Crippen molar-refractivity contribution in [2.24, 2.45) is 0 Å². The Morgan fingerprint density at radius 2 is 1.75 bits per heavy atom. The minimum absolute atomic E-state index is 0.137. The first-order valence-corrected chi connectivity index (χ1v) is 7.74. The number of rotatable bonds is 5. The van der Waals surface area contributed by atoms with Gasteiger partial charge < -0.3 is 4.42 Å². The van der Waals surface area contributed by atoms with Crippen LogP contribution in [0.5, 0.6) is 0 Å². The maximum Gasteiger partial charge on any atom is 0.108 e. The zero-order valence-electron chi connectivity index (χ0n) is 12.7. The van der Waals surface area contributed by atoms with Gasteiger partial charge in [-0.3, -0.25) is 0 Å². The Hall–Kier alpha value is -1.21. The van der Waals surface area contributed by atoms with Crippen LogP contribution in [-0.4, -0.2) is 0 Å². The van der Waals surface area contributed by atoms with E-state index in [-0.39, 0.29) is 10.8 Å². The summed E-state index contributed by atoms with van der Waals surface area (Å²) in [6, 6.07) is 10.6. The molecule has 0 radical (unpaired) electrons. The molecule has 0 fully saturated rings. The van der Waals surface area contributed by atoms with E-state index >= 15 is 0 Å². The van der Waals surface area contributed by atoms with Crippen LogP contribution < -0.4 is 0 Å². The normalized spacial score (nSPS) is 13.4. The third-order valence-electron chi connectivity index (χ3n) is 4.24. The average Bonchev–Trinajstić information content (AvgIpc) is 2.95. The van der Waals surface area contributed by atoms with Gasteiger partial charge in [-0.15, -0.1) is 11.6 Å². The lowest BCUT2D eigenvalue weighted by Gasteiger charge is -2.23. The fourth-order valence-corrected chi connectivity index (χ4v) is 2.69. The first-order chi connectivity index (χ1) is 9.49. The summed E-state index contributed by atoms with van der Waals surface area (Å²) >= 11 is 6.60. The summed E-state index contributed by atoms with van der Waals surface area (Å²) in [5, 5.41) is -0.137. The molecule has 0 saturated heterocycles. The highest BCUT2D eigenvalue weighted by atomic mass is 35.5. The van der Waals surface area contributed by atoms with E-state index in [2.05, 4.69) is 52.0 Å². The molecule has 2 aromatic rings. The molecule has 0 aliphatic heterocycles. The fraction of sp³-hybridized carbons (Fsp3) is 0.444. The fourth-order valence-electron chi connectivity index (χ4n) is 2.35. The van der Waals surface area contributed by atoms with Gasteiger partial charge in [0.2, 0.25) is 0 Å². The molecule has 1 nitrogen and oxygen atoms in total. The number of alkyl halides is 1. The van der Waals surface area contributed by atoms with Crippen molar-refractivity contribution in [3.8, 4) is 0 Å². The van der Waals surface area contributed by atoms with Crippen LogP contribution in [-0.2, 0) is 11.8 Å². The number of hydrogen-bond acceptors (Lipinski definition) is 1. The van der Waals surface area contributed by atoms with E-state index in [0.717, 1.165) is 29.7 Å². The van der Waals surface area contributed by atoms with Crippen LogP contribution in [0.2, 0.25) is 0 Å². The van der Waals surface area contributed by atoms with Crippen molar-refractivity contribution in [2.45, 2.75) is 51.3 Å². The third-order valence-corrected chi connectivity index (χ3v) is 4.73. The number of furan rings is 1. The molecule has 0 aliphatic rings. The summed E-state index contributed by atoms with van der Waals surface area (Å²) in [6.07, 6.45) is 3.71. The van der Waals surface area contributed by atoms with Crippen molar-refractivity contribution in [1.29, 1.82) is 0 Å². The minimum Gasteiger partial charge on any atom is -0.469 e. The minimum atomic E-state index is -0.137. The number of hydrogen-bond donors (Lipinski definition) is 0. The molecule has 108 valence electrons. The molecule has 1 atom stereocenters. The molecule has 1 heterocycles. The van der Waals surface area contributed by atoms with Crippen LogP contribution >= 0.6 is 11.6 Å². The predicted octanol–water partition coefficient (Wildman–Crippen LogP) is 5.86. The Morgan fingerprint density at radius 1 is 1.10 bits per heavy atom. The molecular weight excluding hydrogens is 268 g/mol. The van der Waals surface area contributed by atoms with Gasteiger partial charge in [0.1, 0.15) is 5.76 Å². The van der Waals surface area contributed by atoms with Crippen molar-refractivity contribution in [3.05, 3.63) is 59.0 Å². The van der Waals surface area contributed by atoms with Crippen molar-refractivity contribution in [1.82, 2.24) is 0 Å². The molecule has 1 unspecified atom stereocenters. The lowest BCUT2D eigenvalue weighted by molar-refractivity contribution is 0.506. The monoisotopic (exact) mass is 290 g/mol. The molecular formula is C18H23ClO. The van der Waals surface area contributed by atoms with E-state index in [1.165, 1.54) is 5.56 Å². The van der Waals surface area contributed by atoms with Gasteiger partial charge in [0.25, 0.3) is 0 Å². The maximum atomic E-state index is 6.60. The Morgan fingerprint density at radius 3 is 2.30 bits per heavy atom. The van der Waals surface area contributed by atoms with Crippen LogP contribution in [0, 0.1) is 0 Å². The van der Waals surface area contributed by atoms with Crippen LogP contribution in [0.3, 0.4) is 0 Å². The van der Waals surface area contributed by atoms with Gasteiger partial charge in [-0.2, -0.15) is 0 Å². The second-order valence-electron chi connectivity index (χ2n) is 5.87. The zero-order valence-corrected chi connectivity index (χ0v) is 13.5. The summed E-state index contributed by atoms with van der Waals surface area (Å²) in [5.74, 6) is 0.975. The van der Waals surface area contributed by atoms with E-state index in [4.69, 9.17) is 16.0 Å². The lowest BCUT2D eigenvalue weighted by Crippen LogP contribution is -2.15. The standard InChI is InChI=1S/C18H23ClO/c1-5-16-15(11-12-20-16)17(19)13-7-9-14(10-8-13)18(3,4)6-2/h7-12,17H,5-6H2,1-4H3. The van der Waals surface area contributed by atoms with Gasteiger partial charge in [-0.1, -0.05) is 52.0 Å². The molecule has 0 aliphatic carbocycles. The summed E-state index contributed by atoms with van der Waals surface area (Å²) in [7, 11) is 0. The summed E-state index contributed by atoms with van der Waals surface area (Å²) in [4.78, 5) is 0. The largest absolute Gasteiger partial charge is 0.469 e. The van der Waals surface area contributed by atoms with Gasteiger partial charge in [0, 0.05) is 12.0 Å². The molecule has 2 rings (SSSR count). The second-order valence-corrected chi connectivity index (χ2v) is 6.31. The van der Waals surface area contributed by atoms with Crippen molar-refractivity contribution in [2.75, 3.05) is 0 Å². The Bertz CT molecular complexity index is 551. The first kappa shape index (κ1) is 15.2. The number of aryl methyl sites for hydroxylation is 1. The van der Waals surface area contributed by atoms with E-state index < -0.39 is 0 Å². The van der Waals surface area contributed by atoms with Gasteiger partial charge in [-0.25, -0.2) is 0 Å². The Labute approximate surface area is 127 Å². The molecule has 0 spiro atoms. The van der Waals surface area contributed by atoms with Crippen LogP contribution in [0.1, 0.15) is 61.9 Å². The van der Waals surface area contributed by atoms with E-state index in [1.807, 2.05) is 6.07 Å². The van der Waals surface area contributed by atoms with Gasteiger partial charge in [-0.05, 0) is 29.0 Å². The summed E-state index contributed by atoms with van der Waals surface area (Å²) < 4.78 is 5.47. The highest BCUT2D eigenvalue weighted by Gasteiger charge is 2.20. The predicted molar refractivity (Wildman–Crippen MR) is 85.5 cm³/mol. The first-order valence-electron chi connectivity index (χ1n) is 7.30. The van der Waals surface area contributed by atoms with E-state index in [9.17, 15) is 0 Å². The summed E-state index contributed by atoms with van der Waals surface area (Å²) in [5.41, 5.74) is 3.77. The van der Waals surface area contributed by atoms with Crippen molar-refractivity contribution < 1.29 is 4.42 Å². The third kappa shape index (κ3) is 2.93. The quantitative estimate of drug-likeness (QED) is 0.629. The maximum absolute atomic E-state index is 6.60. The van der Waals surface area contributed by atoms with Crippen molar-refractivity contribution >= 4 is 11.6 Å². The SMILES string of the molecule is CCc1occc1C(Cl)c1ccc(C(C)(C)CC)cc1. The molecule has 1 aromatic carbocycles. The summed E-state index contributed by atoms with van der Waals surface area (Å²) in [6.45, 7) is 8.84. The zero-order chi connectivity index (χ0) is 14.8. The van der Waals surface area contributed by atoms with Gasteiger partial charge in [0.05, 0.1) is 11.6 Å². The molecule has 0 saturated carbocycles. The Balaban J connectivity index is 2.26. The molecule has 2 heteroatoms. The van der Waals surface area contributed by atoms with Crippen LogP contribution in [0.25, 0.3) is 0 Å². The number of benzene rings is 1. The van der Waals surface area contributed by atoms with Crippen molar-refractivity contribution in [3.63, 3.8) is 0 Å². The highest BCUT2D eigenvalue weighted by molar-refractivity contribution is 6.22. The molecule has 20 heavy (non-hydrogen) atoms. The smallest absolute Gasteiger partial charge is 0.108 e. The van der Waals surface area contributed by atoms with E-state index in [0.29, 0.717) is 0 Å². The highest BCUT2D eigenvalue weighted by Crippen LogP contribution is 2.34. The number of halogens is 1. The van der Waals surface area contributed by atoms with E-state index in [1.54, 1.807) is 6.26 Å². The molecule has 0 bridgehead atoms. The van der Waals surface area contributed by atoms with Gasteiger partial charge in [0.15, 0.2) is 0 Å². The molecule has 0 N–H and O–H groups in total. The second kappa shape index (κ2) is 6.05.